The van der Waals surface area contributed by atoms with Crippen molar-refractivity contribution in [1.82, 2.24) is 0 Å². The van der Waals surface area contributed by atoms with Crippen molar-refractivity contribution >= 4 is 5.97 Å². The molecule has 22 heavy (non-hydrogen) atoms. The summed E-state index contributed by atoms with van der Waals surface area (Å²) in [6, 6.07) is 3.24. The van der Waals surface area contributed by atoms with Crippen LogP contribution in [-0.2, 0) is 4.74 Å². The maximum atomic E-state index is 11.1. The number of aromatic hydroxyl groups is 1. The molecule has 0 bridgehead atoms. The normalized spacial score (nSPS) is 31.7. The molecule has 0 radical (unpaired) electrons. The average molecular weight is 316 g/mol. The van der Waals surface area contributed by atoms with Crippen LogP contribution in [0.4, 0.5) is 0 Å². The summed E-state index contributed by atoms with van der Waals surface area (Å²) in [7, 11) is 0. The predicted molar refractivity (Wildman–Crippen MR) is 69.5 cm³/mol. The number of ether oxygens (including phenoxy) is 2. The van der Waals surface area contributed by atoms with Crippen LogP contribution < -0.4 is 4.74 Å². The minimum Gasteiger partial charge on any atom is -0.508 e. The van der Waals surface area contributed by atoms with E-state index in [1.807, 2.05) is 0 Å². The zero-order valence-corrected chi connectivity index (χ0v) is 11.2. The number of carboxylic acid groups (broad SMARTS) is 1. The molecule has 0 amide bonds. The molecule has 6 N–H and O–H groups in total. The van der Waals surface area contributed by atoms with Gasteiger partial charge in [0.25, 0.3) is 0 Å². The van der Waals surface area contributed by atoms with Gasteiger partial charge in [0.2, 0.25) is 6.29 Å². The van der Waals surface area contributed by atoms with Crippen LogP contribution in [0.15, 0.2) is 18.2 Å². The van der Waals surface area contributed by atoms with Gasteiger partial charge in [-0.3, -0.25) is 0 Å². The largest absolute Gasteiger partial charge is 0.508 e. The molecule has 9 heteroatoms. The summed E-state index contributed by atoms with van der Waals surface area (Å²) in [6.07, 6.45) is -7.60. The van der Waals surface area contributed by atoms with Crippen LogP contribution in [0.1, 0.15) is 10.4 Å². The first-order valence-corrected chi connectivity index (χ1v) is 6.38. The minimum atomic E-state index is -1.68. The van der Waals surface area contributed by atoms with Gasteiger partial charge in [-0.05, 0) is 12.1 Å². The fourth-order valence-corrected chi connectivity index (χ4v) is 2.08. The number of aliphatic hydroxyl groups excluding tert-OH is 4. The number of rotatable bonds is 4. The first-order valence-electron chi connectivity index (χ1n) is 6.38. The summed E-state index contributed by atoms with van der Waals surface area (Å²) in [4.78, 5) is 11.1. The first-order chi connectivity index (χ1) is 10.3. The Bertz CT molecular complexity index is 544. The minimum absolute atomic E-state index is 0.274. The molecule has 1 aromatic rings. The Hall–Kier alpha value is -1.91. The molecule has 2 rings (SSSR count). The van der Waals surface area contributed by atoms with Crippen molar-refractivity contribution in [2.24, 2.45) is 0 Å². The van der Waals surface area contributed by atoms with E-state index < -0.39 is 43.3 Å². The summed E-state index contributed by atoms with van der Waals surface area (Å²) >= 11 is 0. The summed E-state index contributed by atoms with van der Waals surface area (Å²) in [5.41, 5.74) is -0.297. The zero-order chi connectivity index (χ0) is 16.4. The van der Waals surface area contributed by atoms with Gasteiger partial charge in [0.15, 0.2) is 0 Å². The van der Waals surface area contributed by atoms with E-state index in [9.17, 15) is 25.2 Å². The third-order valence-corrected chi connectivity index (χ3v) is 3.29. The van der Waals surface area contributed by atoms with Gasteiger partial charge in [0, 0.05) is 6.07 Å². The van der Waals surface area contributed by atoms with E-state index in [0.29, 0.717) is 0 Å². The molecule has 0 saturated carbocycles. The fourth-order valence-electron chi connectivity index (χ4n) is 2.08. The fraction of sp³-hybridized carbons (Fsp3) is 0.462. The van der Waals surface area contributed by atoms with Gasteiger partial charge >= 0.3 is 5.97 Å². The van der Waals surface area contributed by atoms with E-state index in [2.05, 4.69) is 0 Å². The number of phenols is 1. The van der Waals surface area contributed by atoms with Crippen LogP contribution in [0.3, 0.4) is 0 Å². The van der Waals surface area contributed by atoms with E-state index in [-0.39, 0.29) is 17.1 Å². The lowest BCUT2D eigenvalue weighted by molar-refractivity contribution is -0.277. The van der Waals surface area contributed by atoms with Crippen molar-refractivity contribution < 1.29 is 44.9 Å². The molecule has 1 aliphatic rings. The van der Waals surface area contributed by atoms with Crippen molar-refractivity contribution in [2.75, 3.05) is 6.61 Å². The second-order valence-electron chi connectivity index (χ2n) is 4.80. The lowest BCUT2D eigenvalue weighted by Crippen LogP contribution is -2.60. The standard InChI is InChI=1S/C13H16O9/c14-4-8-9(16)10(17)11(18)13(22-8)21-7-3-5(15)1-2-6(7)12(19)20/h1-3,8-11,13-18H,4H2,(H,19,20). The van der Waals surface area contributed by atoms with Gasteiger partial charge in [0.1, 0.15) is 41.5 Å². The molecule has 5 atom stereocenters. The third-order valence-electron chi connectivity index (χ3n) is 3.29. The van der Waals surface area contributed by atoms with Crippen LogP contribution in [-0.4, -0.2) is 73.9 Å². The quantitative estimate of drug-likeness (QED) is 0.380. The molecule has 0 aliphatic carbocycles. The van der Waals surface area contributed by atoms with Gasteiger partial charge in [-0.25, -0.2) is 4.79 Å². The van der Waals surface area contributed by atoms with E-state index in [1.165, 1.54) is 0 Å². The number of hydrogen-bond donors (Lipinski definition) is 6. The summed E-state index contributed by atoms with van der Waals surface area (Å²) in [5, 5.41) is 56.6. The average Bonchev–Trinajstić information content (AvgIpc) is 2.47. The maximum Gasteiger partial charge on any atom is 0.339 e. The molecule has 1 fully saturated rings. The van der Waals surface area contributed by atoms with Crippen molar-refractivity contribution in [3.63, 3.8) is 0 Å². The molecule has 9 nitrogen and oxygen atoms in total. The highest BCUT2D eigenvalue weighted by Gasteiger charge is 2.45. The number of aromatic carboxylic acids is 1. The molecule has 122 valence electrons. The summed E-state index contributed by atoms with van der Waals surface area (Å²) in [6.45, 7) is -0.642. The van der Waals surface area contributed by atoms with Crippen LogP contribution in [0.25, 0.3) is 0 Å². The van der Waals surface area contributed by atoms with E-state index in [0.717, 1.165) is 18.2 Å². The van der Waals surface area contributed by atoms with Crippen molar-refractivity contribution in [1.29, 1.82) is 0 Å². The molecule has 1 saturated heterocycles. The number of carboxylic acids is 1. The van der Waals surface area contributed by atoms with E-state index in [4.69, 9.17) is 19.7 Å². The number of carbonyl (C=O) groups is 1. The Labute approximate surface area is 124 Å². The summed E-state index contributed by atoms with van der Waals surface area (Å²) < 4.78 is 10.3. The molecule has 1 heterocycles. The molecular weight excluding hydrogens is 300 g/mol. The summed E-state index contributed by atoms with van der Waals surface area (Å²) in [5.74, 6) is -1.90. The van der Waals surface area contributed by atoms with Gasteiger partial charge in [-0.15, -0.1) is 0 Å². The van der Waals surface area contributed by atoms with E-state index >= 15 is 0 Å². The van der Waals surface area contributed by atoms with Gasteiger partial charge in [-0.1, -0.05) is 0 Å². The smallest absolute Gasteiger partial charge is 0.339 e. The van der Waals surface area contributed by atoms with Crippen molar-refractivity contribution in [3.8, 4) is 11.5 Å². The van der Waals surface area contributed by atoms with Crippen LogP contribution in [0.5, 0.6) is 11.5 Å². The van der Waals surface area contributed by atoms with Crippen LogP contribution in [0, 0.1) is 0 Å². The second-order valence-corrected chi connectivity index (χ2v) is 4.80. The van der Waals surface area contributed by atoms with Crippen LogP contribution >= 0.6 is 0 Å². The number of aliphatic hydroxyl groups is 4. The van der Waals surface area contributed by atoms with Crippen LogP contribution in [0.2, 0.25) is 0 Å². The lowest BCUT2D eigenvalue weighted by Gasteiger charge is -2.39. The van der Waals surface area contributed by atoms with Crippen molar-refractivity contribution in [3.05, 3.63) is 23.8 Å². The van der Waals surface area contributed by atoms with Crippen molar-refractivity contribution in [2.45, 2.75) is 30.7 Å². The van der Waals surface area contributed by atoms with Gasteiger partial charge in [0.05, 0.1) is 6.61 Å². The Balaban J connectivity index is 2.26. The Morgan fingerprint density at radius 2 is 1.86 bits per heavy atom. The Morgan fingerprint density at radius 1 is 1.18 bits per heavy atom. The zero-order valence-electron chi connectivity index (χ0n) is 11.2. The monoisotopic (exact) mass is 316 g/mol. The van der Waals surface area contributed by atoms with E-state index in [1.54, 1.807) is 0 Å². The highest BCUT2D eigenvalue weighted by atomic mass is 16.7. The highest BCUT2D eigenvalue weighted by Crippen LogP contribution is 2.29. The highest BCUT2D eigenvalue weighted by molar-refractivity contribution is 5.91. The number of hydrogen-bond acceptors (Lipinski definition) is 8. The number of benzene rings is 1. The lowest BCUT2D eigenvalue weighted by atomic mass is 9.99. The van der Waals surface area contributed by atoms with Gasteiger partial charge in [-0.2, -0.15) is 0 Å². The molecule has 0 spiro atoms. The molecule has 1 aliphatic heterocycles. The first kappa shape index (κ1) is 16.5. The molecule has 0 aromatic heterocycles. The SMILES string of the molecule is O=C(O)c1ccc(O)cc1OC1OC(CO)C(O)C(O)C1O. The molecular formula is C13H16O9. The Morgan fingerprint density at radius 3 is 2.45 bits per heavy atom. The molecule has 1 aromatic carbocycles. The predicted octanol–water partition coefficient (Wildman–Crippen LogP) is -1.73. The topological polar surface area (TPSA) is 157 Å². The molecule has 5 unspecified atom stereocenters. The second kappa shape index (κ2) is 6.46. The number of phenolic OH excluding ortho intramolecular Hbond substituents is 1. The van der Waals surface area contributed by atoms with Gasteiger partial charge < -0.3 is 40.1 Å². The Kier molecular flexibility index (Phi) is 4.84. The third kappa shape index (κ3) is 3.13. The maximum absolute atomic E-state index is 11.1.